The minimum absolute atomic E-state index is 0.239. The molecule has 0 bridgehead atoms. The van der Waals surface area contributed by atoms with Crippen molar-refractivity contribution in [3.63, 3.8) is 0 Å². The van der Waals surface area contributed by atoms with Crippen LogP contribution in [0.5, 0.6) is 5.75 Å². The summed E-state index contributed by atoms with van der Waals surface area (Å²) in [7, 11) is 0. The molecule has 2 N–H and O–H groups in total. The Hall–Kier alpha value is -4.02. The fraction of sp³-hybridized carbons (Fsp3) is 0.185. The Balaban J connectivity index is 1.35. The van der Waals surface area contributed by atoms with Crippen LogP contribution in [0.15, 0.2) is 82.4 Å². The lowest BCUT2D eigenvalue weighted by Crippen LogP contribution is -2.41. The van der Waals surface area contributed by atoms with E-state index in [9.17, 15) is 14.4 Å². The molecule has 3 aromatic carbocycles. The van der Waals surface area contributed by atoms with Gasteiger partial charge >= 0.3 is 11.8 Å². The monoisotopic (exact) mass is 564 g/mol. The predicted octanol–water partition coefficient (Wildman–Crippen LogP) is 3.59. The third-order valence-corrected chi connectivity index (χ3v) is 6.04. The summed E-state index contributed by atoms with van der Waals surface area (Å²) in [4.78, 5) is 39.4. The van der Waals surface area contributed by atoms with E-state index in [-0.39, 0.29) is 11.6 Å². The van der Waals surface area contributed by atoms with Gasteiger partial charge < -0.3 is 19.7 Å². The van der Waals surface area contributed by atoms with Crippen molar-refractivity contribution in [3.8, 4) is 5.75 Å². The number of nitrogens with zero attached hydrogens (tertiary/aromatic N) is 2. The SMILES string of the molecule is O=C(N/N=C/c1ccccc1OCc1ccc(Br)cc1)C(=O)Nc1ccccc1C(=O)N1CCOCC1. The molecule has 9 nitrogen and oxygen atoms in total. The van der Waals surface area contributed by atoms with Gasteiger partial charge in [-0.3, -0.25) is 14.4 Å². The van der Waals surface area contributed by atoms with E-state index in [0.717, 1.165) is 10.0 Å². The van der Waals surface area contributed by atoms with Crippen molar-refractivity contribution >= 4 is 45.6 Å². The maximum Gasteiger partial charge on any atom is 0.329 e. The van der Waals surface area contributed by atoms with Crippen LogP contribution in [0.2, 0.25) is 0 Å². The molecule has 1 fully saturated rings. The lowest BCUT2D eigenvalue weighted by molar-refractivity contribution is -0.136. The standard InChI is InChI=1S/C27H25BrN4O5/c28-21-11-9-19(10-12-21)18-37-24-8-4-1-5-20(24)17-29-31-26(34)25(33)30-23-7-3-2-6-22(23)27(35)32-13-15-36-16-14-32/h1-12,17H,13-16,18H2,(H,30,33)(H,31,34)/b29-17+. The zero-order valence-electron chi connectivity index (χ0n) is 19.9. The van der Waals surface area contributed by atoms with Gasteiger partial charge in [-0.05, 0) is 42.0 Å². The number of halogens is 1. The van der Waals surface area contributed by atoms with Crippen molar-refractivity contribution in [2.45, 2.75) is 6.61 Å². The third-order valence-electron chi connectivity index (χ3n) is 5.51. The number of para-hydroxylation sites is 2. The van der Waals surface area contributed by atoms with Crippen molar-refractivity contribution < 1.29 is 23.9 Å². The molecule has 0 unspecified atom stereocenters. The van der Waals surface area contributed by atoms with Gasteiger partial charge in [0.15, 0.2) is 0 Å². The predicted molar refractivity (Wildman–Crippen MR) is 142 cm³/mol. The van der Waals surface area contributed by atoms with Gasteiger partial charge in [0.05, 0.1) is 30.7 Å². The number of ether oxygens (including phenoxy) is 2. The molecule has 37 heavy (non-hydrogen) atoms. The normalized spacial score (nSPS) is 13.3. The third kappa shape index (κ3) is 7.25. The van der Waals surface area contributed by atoms with Crippen LogP contribution >= 0.6 is 15.9 Å². The minimum atomic E-state index is -0.974. The number of anilines is 1. The summed E-state index contributed by atoms with van der Waals surface area (Å²) >= 11 is 3.41. The number of rotatable bonds is 7. The average Bonchev–Trinajstić information content (AvgIpc) is 2.93. The summed E-state index contributed by atoms with van der Waals surface area (Å²) in [6, 6.07) is 21.5. The van der Waals surface area contributed by atoms with Crippen LogP contribution in [0.1, 0.15) is 21.5 Å². The molecule has 3 aromatic rings. The number of carbonyl (C=O) groups excluding carboxylic acids is 3. The first kappa shape index (κ1) is 26.1. The number of carbonyl (C=O) groups is 3. The Morgan fingerprint density at radius 3 is 2.43 bits per heavy atom. The molecule has 0 aliphatic carbocycles. The molecule has 1 heterocycles. The van der Waals surface area contributed by atoms with Crippen molar-refractivity contribution in [3.05, 3.63) is 94.0 Å². The Labute approximate surface area is 222 Å². The maximum atomic E-state index is 12.9. The Morgan fingerprint density at radius 1 is 0.946 bits per heavy atom. The lowest BCUT2D eigenvalue weighted by Gasteiger charge is -2.27. The van der Waals surface area contributed by atoms with Crippen LogP contribution in [0, 0.1) is 0 Å². The highest BCUT2D eigenvalue weighted by Gasteiger charge is 2.23. The first-order valence-corrected chi connectivity index (χ1v) is 12.4. The van der Waals surface area contributed by atoms with E-state index in [2.05, 4.69) is 31.8 Å². The zero-order valence-corrected chi connectivity index (χ0v) is 21.4. The number of hydrogen-bond acceptors (Lipinski definition) is 6. The molecule has 0 atom stereocenters. The van der Waals surface area contributed by atoms with Crippen LogP contribution in [0.25, 0.3) is 0 Å². The van der Waals surface area contributed by atoms with Crippen LogP contribution in [-0.2, 0) is 20.9 Å². The molecule has 3 amide bonds. The van der Waals surface area contributed by atoms with E-state index < -0.39 is 11.8 Å². The van der Waals surface area contributed by atoms with E-state index in [1.165, 1.54) is 6.21 Å². The summed E-state index contributed by atoms with van der Waals surface area (Å²) in [5.41, 5.74) is 4.38. The smallest absolute Gasteiger partial charge is 0.329 e. The summed E-state index contributed by atoms with van der Waals surface area (Å²) < 4.78 is 12.2. The van der Waals surface area contributed by atoms with E-state index in [4.69, 9.17) is 9.47 Å². The Morgan fingerprint density at radius 2 is 1.65 bits per heavy atom. The zero-order chi connectivity index (χ0) is 26.0. The van der Waals surface area contributed by atoms with E-state index >= 15 is 0 Å². The van der Waals surface area contributed by atoms with Gasteiger partial charge in [0, 0.05) is 23.1 Å². The molecule has 1 aliphatic heterocycles. The van der Waals surface area contributed by atoms with Crippen molar-refractivity contribution in [2.75, 3.05) is 31.6 Å². The number of benzene rings is 3. The number of morpholine rings is 1. The van der Waals surface area contributed by atoms with Crippen molar-refractivity contribution in [1.29, 1.82) is 0 Å². The topological polar surface area (TPSA) is 109 Å². The first-order chi connectivity index (χ1) is 18.0. The maximum absolute atomic E-state index is 12.9. The van der Waals surface area contributed by atoms with Gasteiger partial charge in [-0.1, -0.05) is 52.3 Å². The quantitative estimate of drug-likeness (QED) is 0.259. The van der Waals surface area contributed by atoms with Crippen LogP contribution < -0.4 is 15.5 Å². The van der Waals surface area contributed by atoms with Crippen molar-refractivity contribution in [1.82, 2.24) is 10.3 Å². The number of nitrogens with one attached hydrogen (secondary N) is 2. The van der Waals surface area contributed by atoms with Gasteiger partial charge in [0.25, 0.3) is 5.91 Å². The van der Waals surface area contributed by atoms with E-state index in [0.29, 0.717) is 49.8 Å². The number of amides is 3. The minimum Gasteiger partial charge on any atom is -0.488 e. The molecule has 1 aliphatic rings. The number of hydrogen-bond donors (Lipinski definition) is 2. The molecule has 190 valence electrons. The highest BCUT2D eigenvalue weighted by molar-refractivity contribution is 9.10. The van der Waals surface area contributed by atoms with Crippen molar-refractivity contribution in [2.24, 2.45) is 5.10 Å². The van der Waals surface area contributed by atoms with Crippen LogP contribution in [0.4, 0.5) is 5.69 Å². The second-order valence-electron chi connectivity index (χ2n) is 8.06. The van der Waals surface area contributed by atoms with Crippen LogP contribution in [-0.4, -0.2) is 55.1 Å². The fourth-order valence-corrected chi connectivity index (χ4v) is 3.83. The highest BCUT2D eigenvalue weighted by atomic mass is 79.9. The summed E-state index contributed by atoms with van der Waals surface area (Å²) in [5.74, 6) is -1.59. The van der Waals surface area contributed by atoms with Gasteiger partial charge in [-0.2, -0.15) is 5.10 Å². The lowest BCUT2D eigenvalue weighted by atomic mass is 10.1. The Kier molecular flexibility index (Phi) is 9.01. The van der Waals surface area contributed by atoms with Gasteiger partial charge in [-0.25, -0.2) is 5.43 Å². The van der Waals surface area contributed by atoms with E-state index in [1.54, 1.807) is 41.3 Å². The largest absolute Gasteiger partial charge is 0.488 e. The molecular weight excluding hydrogens is 540 g/mol. The van der Waals surface area contributed by atoms with E-state index in [1.807, 2.05) is 36.4 Å². The van der Waals surface area contributed by atoms with Gasteiger partial charge in [0.2, 0.25) is 0 Å². The van der Waals surface area contributed by atoms with Gasteiger partial charge in [0.1, 0.15) is 12.4 Å². The fourth-order valence-electron chi connectivity index (χ4n) is 3.57. The molecule has 10 heteroatoms. The first-order valence-electron chi connectivity index (χ1n) is 11.6. The molecule has 4 rings (SSSR count). The molecular formula is C27H25BrN4O5. The molecule has 0 spiro atoms. The molecule has 0 aromatic heterocycles. The Bertz CT molecular complexity index is 1290. The second kappa shape index (κ2) is 12.8. The second-order valence-corrected chi connectivity index (χ2v) is 8.97. The molecule has 0 radical (unpaired) electrons. The molecule has 1 saturated heterocycles. The number of hydrazone groups is 1. The van der Waals surface area contributed by atoms with Gasteiger partial charge in [-0.15, -0.1) is 0 Å². The molecule has 0 saturated carbocycles. The summed E-state index contributed by atoms with van der Waals surface area (Å²) in [6.45, 7) is 2.20. The summed E-state index contributed by atoms with van der Waals surface area (Å²) in [5, 5.41) is 6.40. The van der Waals surface area contributed by atoms with Crippen LogP contribution in [0.3, 0.4) is 0 Å². The highest BCUT2D eigenvalue weighted by Crippen LogP contribution is 2.20. The summed E-state index contributed by atoms with van der Waals surface area (Å²) in [6.07, 6.45) is 1.40. The average molecular weight is 565 g/mol.